The number of benzene rings is 1. The molecule has 1 aliphatic heterocycles. The summed E-state index contributed by atoms with van der Waals surface area (Å²) in [6.07, 6.45) is 4.20. The summed E-state index contributed by atoms with van der Waals surface area (Å²) in [5, 5.41) is 3.17. The summed E-state index contributed by atoms with van der Waals surface area (Å²) in [7, 11) is 1.95. The summed E-state index contributed by atoms with van der Waals surface area (Å²) in [6, 6.07) is 11.4. The van der Waals surface area contributed by atoms with Crippen molar-refractivity contribution < 1.29 is 4.42 Å². The Morgan fingerprint density at radius 2 is 2.15 bits per heavy atom. The van der Waals surface area contributed by atoms with E-state index >= 15 is 0 Å². The molecule has 1 unspecified atom stereocenters. The van der Waals surface area contributed by atoms with Crippen molar-refractivity contribution in [1.82, 2.24) is 5.32 Å². The highest BCUT2D eigenvalue weighted by Gasteiger charge is 2.23. The highest BCUT2D eigenvalue weighted by atomic mass is 16.3. The van der Waals surface area contributed by atoms with Crippen molar-refractivity contribution in [3.8, 4) is 0 Å². The average molecular weight is 270 g/mol. The third kappa shape index (κ3) is 2.46. The Hall–Kier alpha value is -1.74. The molecule has 0 spiro atoms. The van der Waals surface area contributed by atoms with Gasteiger partial charge in [-0.3, -0.25) is 0 Å². The van der Waals surface area contributed by atoms with Crippen LogP contribution in [0.4, 0.5) is 5.69 Å². The summed E-state index contributed by atoms with van der Waals surface area (Å²) in [5.74, 6) is 1.04. The van der Waals surface area contributed by atoms with Crippen LogP contribution < -0.4 is 10.2 Å². The largest absolute Gasteiger partial charge is 0.468 e. The minimum Gasteiger partial charge on any atom is -0.468 e. The van der Waals surface area contributed by atoms with E-state index in [1.165, 1.54) is 29.7 Å². The maximum atomic E-state index is 5.58. The Morgan fingerprint density at radius 1 is 1.30 bits per heavy atom. The first-order valence-corrected chi connectivity index (χ1v) is 7.34. The Kier molecular flexibility index (Phi) is 3.79. The number of hydrogen-bond acceptors (Lipinski definition) is 3. The molecular formula is C17H22N2O. The van der Waals surface area contributed by atoms with Crippen LogP contribution in [0.5, 0.6) is 0 Å². The summed E-state index contributed by atoms with van der Waals surface area (Å²) >= 11 is 0. The van der Waals surface area contributed by atoms with Crippen molar-refractivity contribution >= 4 is 5.69 Å². The highest BCUT2D eigenvalue weighted by Crippen LogP contribution is 2.32. The molecule has 0 radical (unpaired) electrons. The van der Waals surface area contributed by atoms with Crippen molar-refractivity contribution in [3.63, 3.8) is 0 Å². The van der Waals surface area contributed by atoms with Gasteiger partial charge in [0.1, 0.15) is 5.76 Å². The first-order valence-electron chi connectivity index (χ1n) is 7.34. The zero-order chi connectivity index (χ0) is 13.9. The molecule has 1 N–H and O–H groups in total. The number of hydrogen-bond donors (Lipinski definition) is 1. The second-order valence-electron chi connectivity index (χ2n) is 5.54. The third-order valence-corrected chi connectivity index (χ3v) is 4.18. The Bertz CT molecular complexity index is 576. The van der Waals surface area contributed by atoms with Gasteiger partial charge in [-0.1, -0.05) is 18.2 Å². The first-order chi connectivity index (χ1) is 9.79. The summed E-state index contributed by atoms with van der Waals surface area (Å²) in [4.78, 5) is 2.50. The first kappa shape index (κ1) is 13.3. The van der Waals surface area contributed by atoms with E-state index in [9.17, 15) is 0 Å². The summed E-state index contributed by atoms with van der Waals surface area (Å²) in [6.45, 7) is 4.02. The minimum absolute atomic E-state index is 0.572. The molecule has 1 aromatic heterocycles. The normalized spacial score (nSPS) is 18.1. The molecule has 1 aliphatic rings. The third-order valence-electron chi connectivity index (χ3n) is 4.18. The Labute approximate surface area is 120 Å². The quantitative estimate of drug-likeness (QED) is 0.923. The predicted octanol–water partition coefficient (Wildman–Crippen LogP) is 3.34. The monoisotopic (exact) mass is 270 g/mol. The number of anilines is 1. The SMILES string of the molecule is CNCc1occc1CN1c2ccccc2CCC1C. The lowest BCUT2D eigenvalue weighted by Crippen LogP contribution is -2.36. The van der Waals surface area contributed by atoms with Crippen LogP contribution in [0.2, 0.25) is 0 Å². The van der Waals surface area contributed by atoms with Crippen LogP contribution >= 0.6 is 0 Å². The molecule has 2 heterocycles. The van der Waals surface area contributed by atoms with Gasteiger partial charge in [0.15, 0.2) is 0 Å². The minimum atomic E-state index is 0.572. The molecule has 0 amide bonds. The second-order valence-corrected chi connectivity index (χ2v) is 5.54. The van der Waals surface area contributed by atoms with E-state index in [0.29, 0.717) is 6.04 Å². The van der Waals surface area contributed by atoms with Gasteiger partial charge in [-0.05, 0) is 44.5 Å². The fourth-order valence-electron chi connectivity index (χ4n) is 3.01. The van der Waals surface area contributed by atoms with E-state index in [0.717, 1.165) is 18.8 Å². The lowest BCUT2D eigenvalue weighted by atomic mass is 9.96. The number of fused-ring (bicyclic) bond motifs is 1. The van der Waals surface area contributed by atoms with Gasteiger partial charge in [0, 0.05) is 23.8 Å². The molecule has 106 valence electrons. The van der Waals surface area contributed by atoms with Gasteiger partial charge in [-0.2, -0.15) is 0 Å². The van der Waals surface area contributed by atoms with E-state index in [-0.39, 0.29) is 0 Å². The molecule has 3 heteroatoms. The van der Waals surface area contributed by atoms with Crippen molar-refractivity contribution in [1.29, 1.82) is 0 Å². The van der Waals surface area contributed by atoms with Gasteiger partial charge >= 0.3 is 0 Å². The smallest absolute Gasteiger partial charge is 0.122 e. The number of para-hydroxylation sites is 1. The van der Waals surface area contributed by atoms with E-state index in [2.05, 4.69) is 47.5 Å². The molecule has 3 nitrogen and oxygen atoms in total. The van der Waals surface area contributed by atoms with Crippen LogP contribution in [-0.2, 0) is 19.5 Å². The average Bonchev–Trinajstić information content (AvgIpc) is 2.90. The summed E-state index contributed by atoms with van der Waals surface area (Å²) in [5.41, 5.74) is 4.12. The molecule has 0 bridgehead atoms. The zero-order valence-corrected chi connectivity index (χ0v) is 12.2. The van der Waals surface area contributed by atoms with Crippen LogP contribution in [0, 0.1) is 0 Å². The van der Waals surface area contributed by atoms with Gasteiger partial charge in [0.2, 0.25) is 0 Å². The number of rotatable bonds is 4. The van der Waals surface area contributed by atoms with Crippen LogP contribution in [0.15, 0.2) is 41.0 Å². The van der Waals surface area contributed by atoms with Crippen LogP contribution in [0.3, 0.4) is 0 Å². The van der Waals surface area contributed by atoms with Crippen LogP contribution in [0.25, 0.3) is 0 Å². The molecule has 1 aromatic carbocycles. The van der Waals surface area contributed by atoms with E-state index in [1.807, 2.05) is 7.05 Å². The van der Waals surface area contributed by atoms with Crippen molar-refractivity contribution in [3.05, 3.63) is 53.5 Å². The van der Waals surface area contributed by atoms with Gasteiger partial charge in [-0.15, -0.1) is 0 Å². The lowest BCUT2D eigenvalue weighted by molar-refractivity contribution is 0.485. The molecule has 0 saturated heterocycles. The molecule has 0 saturated carbocycles. The number of aryl methyl sites for hydroxylation is 1. The molecule has 3 rings (SSSR count). The maximum Gasteiger partial charge on any atom is 0.122 e. The van der Waals surface area contributed by atoms with Crippen molar-refractivity contribution in [2.45, 2.75) is 38.9 Å². The van der Waals surface area contributed by atoms with Gasteiger partial charge in [0.25, 0.3) is 0 Å². The molecular weight excluding hydrogens is 248 g/mol. The van der Waals surface area contributed by atoms with Gasteiger partial charge < -0.3 is 14.6 Å². The van der Waals surface area contributed by atoms with E-state index < -0.39 is 0 Å². The molecule has 2 aromatic rings. The zero-order valence-electron chi connectivity index (χ0n) is 12.2. The number of nitrogens with one attached hydrogen (secondary N) is 1. The highest BCUT2D eigenvalue weighted by molar-refractivity contribution is 5.56. The van der Waals surface area contributed by atoms with Gasteiger partial charge in [-0.25, -0.2) is 0 Å². The lowest BCUT2D eigenvalue weighted by Gasteiger charge is -2.37. The predicted molar refractivity (Wildman–Crippen MR) is 81.9 cm³/mol. The number of nitrogens with zero attached hydrogens (tertiary/aromatic N) is 1. The van der Waals surface area contributed by atoms with E-state index in [1.54, 1.807) is 6.26 Å². The fraction of sp³-hybridized carbons (Fsp3) is 0.412. The van der Waals surface area contributed by atoms with Crippen molar-refractivity contribution in [2.75, 3.05) is 11.9 Å². The number of furan rings is 1. The fourth-order valence-corrected chi connectivity index (χ4v) is 3.01. The Morgan fingerprint density at radius 3 is 3.00 bits per heavy atom. The van der Waals surface area contributed by atoms with Crippen LogP contribution in [-0.4, -0.2) is 13.1 Å². The van der Waals surface area contributed by atoms with Crippen LogP contribution in [0.1, 0.15) is 30.2 Å². The molecule has 20 heavy (non-hydrogen) atoms. The van der Waals surface area contributed by atoms with Crippen molar-refractivity contribution in [2.24, 2.45) is 0 Å². The molecule has 0 fully saturated rings. The summed E-state index contributed by atoms with van der Waals surface area (Å²) < 4.78 is 5.58. The maximum absolute atomic E-state index is 5.58. The van der Waals surface area contributed by atoms with Gasteiger partial charge in [0.05, 0.1) is 12.8 Å². The standard InChI is InChI=1S/C17H22N2O/c1-13-7-8-14-5-3-4-6-16(14)19(13)12-15-9-10-20-17(15)11-18-2/h3-6,9-10,13,18H,7-8,11-12H2,1-2H3. The molecule has 1 atom stereocenters. The Balaban J connectivity index is 1.88. The van der Waals surface area contributed by atoms with E-state index in [4.69, 9.17) is 4.42 Å². The second kappa shape index (κ2) is 5.71. The topological polar surface area (TPSA) is 28.4 Å². The molecule has 0 aliphatic carbocycles.